The third kappa shape index (κ3) is 35.4. The summed E-state index contributed by atoms with van der Waals surface area (Å²) in [6.07, 6.45) is -23.0. The van der Waals surface area contributed by atoms with Crippen molar-refractivity contribution in [3.8, 4) is 40.2 Å². The van der Waals surface area contributed by atoms with Crippen LogP contribution in [0.15, 0.2) is 170 Å². The molecule has 24 atom stereocenters. The smallest absolute Gasteiger partial charge is 0.303 e. The average Bonchev–Trinajstić information content (AvgIpc) is 0.777. The number of carbonyl (C=O) groups is 6. The molecule has 0 aromatic heterocycles. The molecule has 49 heteroatoms. The summed E-state index contributed by atoms with van der Waals surface area (Å²) in [6, 6.07) is 50.6. The van der Waals surface area contributed by atoms with Crippen molar-refractivity contribution in [3.63, 3.8) is 0 Å². The topological polar surface area (TPSA) is 466 Å². The number of halogens is 3. The van der Waals surface area contributed by atoms with Gasteiger partial charge in [-0.1, -0.05) is 120 Å². The van der Waals surface area contributed by atoms with E-state index in [1.54, 1.807) is 123 Å². The zero-order chi connectivity index (χ0) is 104. The molecular formula is C94H110Cl3NO38S7. The number of rotatable bonds is 25. The molecule has 8 aliphatic rings. The minimum Gasteiger partial charge on any atom is -0.497 e. The van der Waals surface area contributed by atoms with E-state index in [-0.39, 0.29) is 46.2 Å². The fraction of sp³-hybridized carbons (Fsp3) is 0.479. The molecule has 0 aliphatic carbocycles. The van der Waals surface area contributed by atoms with Crippen LogP contribution in [0.2, 0.25) is 0 Å². The van der Waals surface area contributed by atoms with Gasteiger partial charge in [-0.2, -0.15) is 0 Å². The van der Waals surface area contributed by atoms with Crippen LogP contribution in [0.1, 0.15) is 106 Å². The Morgan fingerprint density at radius 2 is 0.580 bits per heavy atom. The monoisotopic (exact) mass is 2190 g/mol. The number of benzene rings is 7. The predicted molar refractivity (Wildman–Crippen MR) is 524 cm³/mol. The highest BCUT2D eigenvalue weighted by Crippen LogP contribution is 2.44. The first kappa shape index (κ1) is 118. The molecule has 0 amide bonds. The van der Waals surface area contributed by atoms with Crippen LogP contribution in [0.3, 0.4) is 0 Å². The standard InChI is InChI=1S/C26H30O10.C22H26O8.C20H22Cl3NO9.C18H22O9.C8H10O2.S4.S3/c1-15(27)33-23-22-21(14-32-25(36-22)18-7-11-20(30-4)12-8-18)35-26(24(23)34-16(2)28)31-13-17-5-9-19(29-3)10-6-17;1-25-15-7-3-13(4-8-15)11-27-22-19(24)18(23)20-17(29-22)12-28-21(30-20)14-5-9-16(26-2)10-6-14;1-9(25)29-15-14-13(8-28-17(32-14)11-4-6-12(27-3)7-5-11)31-18(16(15)30-10(2)26)33-19(24)20(21,22)23;1-9(19)24-15-14-13(26-17(21)16(15)25-10(2)20)8-23-18(27-14)11-4-6-12(22-3)7-5-11;1-10-8-4-2-7(6-9)3-5-8;1-3-4-2;1-3-2/h5-12,21-26H,13-14H2,1-4H3;3-10,17-24H,11-12H2,1-2H3;4-7,13-18,24H,8H2,1-3H3;4-7,13-18,21H,8H2,1-3H3;2-5,9H,6H2,1H3;;/t21-,22-,23+,24-,25-,26-;17-,18-,19-,20-,21-,22-;13-,14-,15+,16-,17-,18?;13-,14-,15+,16-,17?,18-;;;/m1111.../s1. The minimum atomic E-state index is -2.20. The van der Waals surface area contributed by atoms with Gasteiger partial charge in [0.2, 0.25) is 18.3 Å². The molecule has 8 fully saturated rings. The molecule has 0 bridgehead atoms. The van der Waals surface area contributed by atoms with Gasteiger partial charge >= 0.3 is 35.8 Å². The molecular weight excluding hydrogens is 2080 g/mol. The van der Waals surface area contributed by atoms with Gasteiger partial charge in [-0.3, -0.25) is 34.2 Å². The third-order valence-corrected chi connectivity index (χ3v) is 24.3. The number of ether oxygens (including phenoxy) is 28. The highest BCUT2D eigenvalue weighted by molar-refractivity contribution is 8.51. The van der Waals surface area contributed by atoms with E-state index in [2.05, 4.69) is 44.8 Å². The molecule has 782 valence electrons. The molecule has 0 saturated carbocycles. The summed E-state index contributed by atoms with van der Waals surface area (Å²) >= 11 is 34.0. The first-order chi connectivity index (χ1) is 68.5. The number of alkyl halides is 3. The van der Waals surface area contributed by atoms with Gasteiger partial charge in [0.25, 0.3) is 3.79 Å². The van der Waals surface area contributed by atoms with Gasteiger partial charge in [0.05, 0.1) is 96.0 Å². The van der Waals surface area contributed by atoms with Gasteiger partial charge in [0.1, 0.15) is 101 Å². The van der Waals surface area contributed by atoms with Crippen molar-refractivity contribution in [1.29, 1.82) is 5.41 Å². The predicted octanol–water partition coefficient (Wildman–Crippen LogP) is 9.63. The van der Waals surface area contributed by atoms with Crippen LogP contribution in [-0.2, 0) is 219 Å². The van der Waals surface area contributed by atoms with E-state index in [4.69, 9.17) is 178 Å². The first-order valence-corrected chi connectivity index (χ1v) is 51.2. The number of hydrogen-bond acceptors (Lipinski definition) is 43. The van der Waals surface area contributed by atoms with Gasteiger partial charge < -0.3 is 153 Å². The van der Waals surface area contributed by atoms with Crippen LogP contribution < -0.4 is 33.2 Å². The van der Waals surface area contributed by atoms with E-state index in [1.165, 1.54) is 52.4 Å². The van der Waals surface area contributed by atoms with Crippen molar-refractivity contribution in [1.82, 2.24) is 0 Å². The van der Waals surface area contributed by atoms with Crippen molar-refractivity contribution in [2.24, 2.45) is 0 Å². The van der Waals surface area contributed by atoms with Crippen LogP contribution in [0.25, 0.3) is 0 Å². The Morgan fingerprint density at radius 1 is 0.336 bits per heavy atom. The number of fused-ring (bicyclic) bond motifs is 4. The lowest BCUT2D eigenvalue weighted by atomic mass is 9.97. The van der Waals surface area contributed by atoms with E-state index >= 15 is 0 Å². The summed E-state index contributed by atoms with van der Waals surface area (Å²) in [5, 5.41) is 47.8. The lowest BCUT2D eigenvalue weighted by molar-refractivity contribution is -0.363. The molecule has 7 aromatic rings. The maximum absolute atomic E-state index is 12.0. The molecule has 5 N–H and O–H groups in total. The summed E-state index contributed by atoms with van der Waals surface area (Å²) in [7, 11) is 14.4. The SMILES string of the molecule is COc1ccc(CO)cc1.COc1ccc(CO[C@@H]2O[C@@H]3CO[C@@H](c4ccc(OC)cc4)O[C@H]3[C@H](O)[C@H]2O)cc1.COc1ccc(CO[C@@H]2O[C@@H]3CO[C@@H](c4ccc(OC)cc4)O[C@H]3[C@H](OC(C)=O)[C@H]2OC(C)=O)cc1.COc1ccc([C@@H]2OC[C@H]3OC(O)[C@H](OC(C)=O)[C@@H](OC(C)=O)[C@@H]3O2)cc1.COc1ccc([C@@H]2OC[C@H]3OC(OC(=N)C(Cl)(Cl)Cl)[C@H](OC(C)=O)[C@@H](OC(C)=O)[C@@H]3O2)cc1.S=S=S.S=S=S=S. The number of nitrogens with one attached hydrogen (secondary N) is 1. The Labute approximate surface area is 867 Å². The molecule has 8 heterocycles. The highest BCUT2D eigenvalue weighted by Gasteiger charge is 2.58. The van der Waals surface area contributed by atoms with Crippen LogP contribution in [-0.4, -0.2) is 265 Å². The van der Waals surface area contributed by atoms with Crippen molar-refractivity contribution >= 4 is 148 Å². The molecule has 0 radical (unpaired) electrons. The average molecular weight is 2190 g/mol. The van der Waals surface area contributed by atoms with Crippen LogP contribution in [0.5, 0.6) is 40.2 Å². The zero-order valence-electron chi connectivity index (χ0n) is 79.1. The van der Waals surface area contributed by atoms with E-state index in [1.807, 2.05) is 97.1 Å². The number of carbonyl (C=O) groups excluding carboxylic acids is 6. The highest BCUT2D eigenvalue weighted by atomic mass is 35.6. The first-order valence-electron chi connectivity index (χ1n) is 43.4. The summed E-state index contributed by atoms with van der Waals surface area (Å²) in [5.74, 6) is 0.509. The van der Waals surface area contributed by atoms with Crippen LogP contribution >= 0.6 is 34.8 Å². The Balaban J connectivity index is 0.000000202. The van der Waals surface area contributed by atoms with Crippen molar-refractivity contribution in [2.45, 2.75) is 213 Å². The molecule has 39 nitrogen and oxygen atoms in total. The van der Waals surface area contributed by atoms with Crippen LogP contribution in [0.4, 0.5) is 0 Å². The van der Waals surface area contributed by atoms with Gasteiger partial charge in [-0.05, 0) is 102 Å². The van der Waals surface area contributed by atoms with Crippen LogP contribution in [0, 0.1) is 5.41 Å². The van der Waals surface area contributed by atoms with E-state index in [9.17, 15) is 44.1 Å². The number of esters is 6. The molecule has 8 aliphatic heterocycles. The molecule has 7 aromatic carbocycles. The number of methoxy groups -OCH3 is 7. The molecule has 15 rings (SSSR count). The number of aliphatic hydroxyl groups is 4. The van der Waals surface area contributed by atoms with Gasteiger partial charge in [-0.25, -0.2) is 0 Å². The number of aliphatic hydroxyl groups excluding tert-OH is 4. The summed E-state index contributed by atoms with van der Waals surface area (Å²) in [6.45, 7) is 8.22. The summed E-state index contributed by atoms with van der Waals surface area (Å²) < 4.78 is 154. The van der Waals surface area contributed by atoms with Crippen molar-refractivity contribution in [2.75, 3.05) is 76.2 Å². The van der Waals surface area contributed by atoms with Gasteiger partial charge in [0, 0.05) is 135 Å². The summed E-state index contributed by atoms with van der Waals surface area (Å²) in [5.41, 5.74) is 5.58. The summed E-state index contributed by atoms with van der Waals surface area (Å²) in [4.78, 5) is 70.6. The fourth-order valence-electron chi connectivity index (χ4n) is 15.0. The maximum atomic E-state index is 12.0. The largest absolute Gasteiger partial charge is 0.497 e. The zero-order valence-corrected chi connectivity index (χ0v) is 87.1. The van der Waals surface area contributed by atoms with E-state index < -0.39 is 193 Å². The van der Waals surface area contributed by atoms with Crippen molar-refractivity contribution < 1.29 is 182 Å². The molecule has 8 saturated heterocycles. The molecule has 0 spiro atoms. The van der Waals surface area contributed by atoms with Gasteiger partial charge in [-0.15, -0.1) is 0 Å². The lowest BCUT2D eigenvalue weighted by Gasteiger charge is -2.48. The number of hydrogen-bond donors (Lipinski definition) is 5. The van der Waals surface area contributed by atoms with E-state index in [0.29, 0.717) is 28.6 Å². The Kier molecular flexibility index (Phi) is 48.7. The molecule has 143 heavy (non-hydrogen) atoms. The third-order valence-electron chi connectivity index (χ3n) is 21.6. The second-order valence-electron chi connectivity index (χ2n) is 31.2. The molecule has 2 unspecified atom stereocenters. The normalized spacial score (nSPS) is 27.3. The van der Waals surface area contributed by atoms with Crippen molar-refractivity contribution in [3.05, 3.63) is 209 Å². The second-order valence-corrected chi connectivity index (χ2v) is 38.8. The quantitative estimate of drug-likeness (QED) is 0.0117. The minimum absolute atomic E-state index is 0.00683. The fourth-order valence-corrected chi connectivity index (χ4v) is 15.1. The lowest BCUT2D eigenvalue weighted by Crippen LogP contribution is -2.64. The Bertz CT molecular complexity index is 5260. The Hall–Kier alpha value is -8.88. The second kappa shape index (κ2) is 59.2. The van der Waals surface area contributed by atoms with Gasteiger partial charge in [0.15, 0.2) is 74.6 Å². The van der Waals surface area contributed by atoms with E-state index in [0.717, 1.165) is 66.4 Å². The Morgan fingerprint density at radius 3 is 0.874 bits per heavy atom. The maximum Gasteiger partial charge on any atom is 0.303 e.